The van der Waals surface area contributed by atoms with E-state index in [0.717, 1.165) is 16.6 Å². The summed E-state index contributed by atoms with van der Waals surface area (Å²) in [7, 11) is 0. The van der Waals surface area contributed by atoms with Crippen LogP contribution in [-0.4, -0.2) is 14.6 Å². The van der Waals surface area contributed by atoms with Crippen molar-refractivity contribution < 1.29 is 0 Å². The summed E-state index contributed by atoms with van der Waals surface area (Å²) in [5.41, 5.74) is 10.7. The van der Waals surface area contributed by atoms with E-state index in [0.29, 0.717) is 5.92 Å². The molecule has 3 rings (SSSR count). The van der Waals surface area contributed by atoms with Gasteiger partial charge < -0.3 is 5.73 Å². The minimum absolute atomic E-state index is 0.182. The molecule has 0 aliphatic heterocycles. The van der Waals surface area contributed by atoms with Crippen LogP contribution in [0.4, 0.5) is 0 Å². The SMILES string of the molecule is CC(C)c1ccc(C(N)c2cnn3ccncc23)cc1. The van der Waals surface area contributed by atoms with Gasteiger partial charge in [-0.2, -0.15) is 5.10 Å². The highest BCUT2D eigenvalue weighted by atomic mass is 15.2. The fourth-order valence-electron chi connectivity index (χ4n) is 2.36. The normalized spacial score (nSPS) is 13.0. The van der Waals surface area contributed by atoms with Gasteiger partial charge in [-0.15, -0.1) is 0 Å². The highest BCUT2D eigenvalue weighted by Gasteiger charge is 2.14. The quantitative estimate of drug-likeness (QED) is 0.793. The molecule has 0 bridgehead atoms. The Kier molecular flexibility index (Phi) is 3.24. The molecule has 0 radical (unpaired) electrons. The first-order valence-electron chi connectivity index (χ1n) is 6.79. The third kappa shape index (κ3) is 2.18. The van der Waals surface area contributed by atoms with Crippen molar-refractivity contribution in [1.82, 2.24) is 14.6 Å². The molecule has 0 saturated heterocycles. The van der Waals surface area contributed by atoms with Crippen molar-refractivity contribution in [2.24, 2.45) is 5.73 Å². The second-order valence-electron chi connectivity index (χ2n) is 5.31. The molecule has 20 heavy (non-hydrogen) atoms. The Balaban J connectivity index is 1.97. The van der Waals surface area contributed by atoms with E-state index in [2.05, 4.69) is 48.2 Å². The maximum absolute atomic E-state index is 6.37. The van der Waals surface area contributed by atoms with Gasteiger partial charge in [-0.25, -0.2) is 4.52 Å². The highest BCUT2D eigenvalue weighted by molar-refractivity contribution is 5.55. The molecule has 1 atom stereocenters. The molecule has 102 valence electrons. The molecule has 4 heteroatoms. The Hall–Kier alpha value is -2.20. The van der Waals surface area contributed by atoms with Crippen molar-refractivity contribution in [1.29, 1.82) is 0 Å². The van der Waals surface area contributed by atoms with Gasteiger partial charge in [0.2, 0.25) is 0 Å². The summed E-state index contributed by atoms with van der Waals surface area (Å²) in [6.45, 7) is 4.37. The van der Waals surface area contributed by atoms with Gasteiger partial charge in [0.05, 0.1) is 24.0 Å². The van der Waals surface area contributed by atoms with Gasteiger partial charge in [0.15, 0.2) is 0 Å². The molecule has 0 saturated carbocycles. The Labute approximate surface area is 118 Å². The van der Waals surface area contributed by atoms with Gasteiger partial charge in [-0.3, -0.25) is 4.98 Å². The van der Waals surface area contributed by atoms with E-state index >= 15 is 0 Å². The summed E-state index contributed by atoms with van der Waals surface area (Å²) in [6, 6.07) is 8.30. The smallest absolute Gasteiger partial charge is 0.0896 e. The summed E-state index contributed by atoms with van der Waals surface area (Å²) in [5, 5.41) is 4.31. The van der Waals surface area contributed by atoms with E-state index < -0.39 is 0 Å². The molecule has 0 amide bonds. The highest BCUT2D eigenvalue weighted by Crippen LogP contribution is 2.24. The molecule has 0 fully saturated rings. The number of hydrogen-bond donors (Lipinski definition) is 1. The van der Waals surface area contributed by atoms with E-state index in [1.807, 2.05) is 12.4 Å². The molecule has 4 nitrogen and oxygen atoms in total. The van der Waals surface area contributed by atoms with Crippen LogP contribution in [0.25, 0.3) is 5.52 Å². The van der Waals surface area contributed by atoms with Crippen molar-refractivity contribution >= 4 is 5.52 Å². The van der Waals surface area contributed by atoms with Crippen LogP contribution in [0.2, 0.25) is 0 Å². The van der Waals surface area contributed by atoms with Crippen LogP contribution < -0.4 is 5.73 Å². The predicted octanol–water partition coefficient (Wildman–Crippen LogP) is 2.90. The van der Waals surface area contributed by atoms with Crippen LogP contribution in [-0.2, 0) is 0 Å². The maximum Gasteiger partial charge on any atom is 0.0896 e. The zero-order valence-corrected chi connectivity index (χ0v) is 11.7. The molecule has 1 aromatic carbocycles. The third-order valence-electron chi connectivity index (χ3n) is 3.65. The van der Waals surface area contributed by atoms with Crippen molar-refractivity contribution in [2.45, 2.75) is 25.8 Å². The minimum Gasteiger partial charge on any atom is -0.320 e. The molecule has 2 heterocycles. The van der Waals surface area contributed by atoms with Crippen LogP contribution in [0.15, 0.2) is 49.1 Å². The first kappa shape index (κ1) is 12.8. The van der Waals surface area contributed by atoms with E-state index in [4.69, 9.17) is 5.73 Å². The number of hydrogen-bond acceptors (Lipinski definition) is 3. The van der Waals surface area contributed by atoms with Gasteiger partial charge in [-0.05, 0) is 17.0 Å². The Bertz CT molecular complexity index is 713. The zero-order valence-electron chi connectivity index (χ0n) is 11.7. The Morgan fingerprint density at radius 1 is 1.05 bits per heavy atom. The second-order valence-corrected chi connectivity index (χ2v) is 5.31. The average Bonchev–Trinajstić information content (AvgIpc) is 2.90. The lowest BCUT2D eigenvalue weighted by Gasteiger charge is -2.12. The minimum atomic E-state index is -0.182. The number of nitrogens with zero attached hydrogens (tertiary/aromatic N) is 3. The van der Waals surface area contributed by atoms with Crippen LogP contribution in [0.3, 0.4) is 0 Å². The Morgan fingerprint density at radius 2 is 1.75 bits per heavy atom. The number of fused-ring (bicyclic) bond motifs is 1. The summed E-state index contributed by atoms with van der Waals surface area (Å²) in [4.78, 5) is 4.14. The van der Waals surface area contributed by atoms with Crippen LogP contribution in [0.5, 0.6) is 0 Å². The number of rotatable bonds is 3. The second kappa shape index (κ2) is 5.06. The maximum atomic E-state index is 6.37. The lowest BCUT2D eigenvalue weighted by atomic mass is 9.96. The lowest BCUT2D eigenvalue weighted by Crippen LogP contribution is -2.11. The third-order valence-corrected chi connectivity index (χ3v) is 3.65. The van der Waals surface area contributed by atoms with E-state index in [1.54, 1.807) is 16.9 Å². The number of nitrogens with two attached hydrogens (primary N) is 1. The van der Waals surface area contributed by atoms with E-state index in [9.17, 15) is 0 Å². The fraction of sp³-hybridized carbons (Fsp3) is 0.250. The van der Waals surface area contributed by atoms with Gasteiger partial charge in [0.1, 0.15) is 0 Å². The van der Waals surface area contributed by atoms with Crippen molar-refractivity contribution in [3.05, 3.63) is 65.7 Å². The Morgan fingerprint density at radius 3 is 2.45 bits per heavy atom. The largest absolute Gasteiger partial charge is 0.320 e. The summed E-state index contributed by atoms with van der Waals surface area (Å²) in [5.74, 6) is 0.529. The topological polar surface area (TPSA) is 56.2 Å². The van der Waals surface area contributed by atoms with Crippen LogP contribution >= 0.6 is 0 Å². The van der Waals surface area contributed by atoms with Crippen molar-refractivity contribution in [3.63, 3.8) is 0 Å². The first-order valence-corrected chi connectivity index (χ1v) is 6.79. The summed E-state index contributed by atoms with van der Waals surface area (Å²) < 4.78 is 1.80. The summed E-state index contributed by atoms with van der Waals surface area (Å²) >= 11 is 0. The number of aromatic nitrogens is 3. The van der Waals surface area contributed by atoms with Gasteiger partial charge in [-0.1, -0.05) is 38.1 Å². The molecule has 0 aliphatic carbocycles. The molecular formula is C16H18N4. The zero-order chi connectivity index (χ0) is 14.1. The van der Waals surface area contributed by atoms with Crippen LogP contribution in [0.1, 0.15) is 42.5 Å². The molecule has 2 N–H and O–H groups in total. The van der Waals surface area contributed by atoms with Gasteiger partial charge in [0.25, 0.3) is 0 Å². The standard InChI is InChI=1S/C16H18N4/c1-11(2)12-3-5-13(6-4-12)16(17)14-9-19-20-8-7-18-10-15(14)20/h3-11,16H,17H2,1-2H3. The molecule has 0 aliphatic rings. The van der Waals surface area contributed by atoms with Crippen LogP contribution in [0, 0.1) is 0 Å². The summed E-state index contributed by atoms with van der Waals surface area (Å²) in [6.07, 6.45) is 7.16. The molecule has 0 spiro atoms. The molecule has 2 aromatic heterocycles. The molecule has 3 aromatic rings. The van der Waals surface area contributed by atoms with Crippen molar-refractivity contribution in [2.75, 3.05) is 0 Å². The number of benzene rings is 1. The van der Waals surface area contributed by atoms with E-state index in [1.165, 1.54) is 5.56 Å². The molecule has 1 unspecified atom stereocenters. The van der Waals surface area contributed by atoms with E-state index in [-0.39, 0.29) is 6.04 Å². The van der Waals surface area contributed by atoms with Gasteiger partial charge >= 0.3 is 0 Å². The van der Waals surface area contributed by atoms with Gasteiger partial charge in [0, 0.05) is 18.0 Å². The predicted molar refractivity (Wildman–Crippen MR) is 79.5 cm³/mol. The van der Waals surface area contributed by atoms with Crippen molar-refractivity contribution in [3.8, 4) is 0 Å². The average molecular weight is 266 g/mol. The first-order chi connectivity index (χ1) is 9.66. The lowest BCUT2D eigenvalue weighted by molar-refractivity contribution is 0.850. The monoisotopic (exact) mass is 266 g/mol. The fourth-order valence-corrected chi connectivity index (χ4v) is 2.36. The molecular weight excluding hydrogens is 248 g/mol.